The Morgan fingerprint density at radius 2 is 1.75 bits per heavy atom. The zero-order valence-corrected chi connectivity index (χ0v) is 16.4. The van der Waals surface area contributed by atoms with Crippen LogP contribution in [-0.4, -0.2) is 20.9 Å². The molecule has 3 aromatic rings. The second kappa shape index (κ2) is 8.95. The van der Waals surface area contributed by atoms with Gasteiger partial charge < -0.3 is 5.32 Å². The van der Waals surface area contributed by atoms with Crippen molar-refractivity contribution in [3.63, 3.8) is 0 Å². The quantitative estimate of drug-likeness (QED) is 0.588. The predicted octanol–water partition coefficient (Wildman–Crippen LogP) is 4.23. The Morgan fingerprint density at radius 1 is 1.04 bits per heavy atom. The first-order chi connectivity index (χ1) is 13.5. The molecule has 1 N–H and O–H groups in total. The third-order valence-electron chi connectivity index (χ3n) is 4.08. The summed E-state index contributed by atoms with van der Waals surface area (Å²) in [5.41, 5.74) is 1.28. The molecule has 0 unspecified atom stereocenters. The van der Waals surface area contributed by atoms with E-state index in [0.29, 0.717) is 5.56 Å². The Bertz CT molecular complexity index is 1040. The van der Waals surface area contributed by atoms with Crippen LogP contribution in [0.1, 0.15) is 16.4 Å². The second-order valence-corrected chi connectivity index (χ2v) is 9.31. The molecule has 0 bridgehead atoms. The summed E-state index contributed by atoms with van der Waals surface area (Å²) in [6.45, 7) is -0.121. The van der Waals surface area contributed by atoms with Crippen LogP contribution in [0.3, 0.4) is 0 Å². The van der Waals surface area contributed by atoms with Gasteiger partial charge in [-0.2, -0.15) is 0 Å². The van der Waals surface area contributed by atoms with Gasteiger partial charge in [-0.05, 0) is 40.8 Å². The molecular formula is C21H18FNO3S2. The fraction of sp³-hybridized carbons (Fsp3) is 0.0952. The van der Waals surface area contributed by atoms with E-state index in [0.717, 1.165) is 16.9 Å². The summed E-state index contributed by atoms with van der Waals surface area (Å²) >= 11 is 1.11. The SMILES string of the molecule is O=C(/C=C/c1ccccc1)NC[C@@H](c1ccc(F)cc1)S(=O)(=O)c1cccs1. The van der Waals surface area contributed by atoms with E-state index < -0.39 is 26.8 Å². The monoisotopic (exact) mass is 415 g/mol. The lowest BCUT2D eigenvalue weighted by Gasteiger charge is -2.17. The van der Waals surface area contributed by atoms with E-state index >= 15 is 0 Å². The van der Waals surface area contributed by atoms with Crippen LogP contribution in [-0.2, 0) is 14.6 Å². The molecule has 0 aliphatic carbocycles. The van der Waals surface area contributed by atoms with E-state index in [1.807, 2.05) is 30.3 Å². The lowest BCUT2D eigenvalue weighted by molar-refractivity contribution is -0.116. The minimum absolute atomic E-state index is 0.121. The van der Waals surface area contributed by atoms with E-state index in [4.69, 9.17) is 0 Å². The first-order valence-electron chi connectivity index (χ1n) is 8.50. The number of thiophene rings is 1. The summed E-state index contributed by atoms with van der Waals surface area (Å²) in [6.07, 6.45) is 3.00. The lowest BCUT2D eigenvalue weighted by atomic mass is 10.1. The van der Waals surface area contributed by atoms with Gasteiger partial charge in [-0.3, -0.25) is 4.79 Å². The molecule has 0 aliphatic heterocycles. The number of nitrogens with one attached hydrogen (secondary N) is 1. The van der Waals surface area contributed by atoms with E-state index in [1.54, 1.807) is 17.5 Å². The van der Waals surface area contributed by atoms with Crippen molar-refractivity contribution in [2.24, 2.45) is 0 Å². The van der Waals surface area contributed by atoms with Crippen LogP contribution in [0.4, 0.5) is 4.39 Å². The van der Waals surface area contributed by atoms with Crippen molar-refractivity contribution in [1.29, 1.82) is 0 Å². The van der Waals surface area contributed by atoms with E-state index in [9.17, 15) is 17.6 Å². The number of halogens is 1. The Balaban J connectivity index is 1.79. The molecule has 7 heteroatoms. The van der Waals surface area contributed by atoms with Crippen LogP contribution in [0.2, 0.25) is 0 Å². The Kier molecular flexibility index (Phi) is 6.38. The van der Waals surface area contributed by atoms with Crippen molar-refractivity contribution >= 4 is 33.2 Å². The first kappa shape index (κ1) is 20.0. The molecule has 1 amide bonds. The minimum atomic E-state index is -3.73. The van der Waals surface area contributed by atoms with E-state index in [-0.39, 0.29) is 10.8 Å². The highest BCUT2D eigenvalue weighted by Gasteiger charge is 2.30. The van der Waals surface area contributed by atoms with Crippen LogP contribution < -0.4 is 5.32 Å². The van der Waals surface area contributed by atoms with Gasteiger partial charge in [-0.25, -0.2) is 12.8 Å². The van der Waals surface area contributed by atoms with Gasteiger partial charge in [0.05, 0.1) is 0 Å². The zero-order chi connectivity index (χ0) is 20.0. The molecule has 0 saturated heterocycles. The molecule has 1 heterocycles. The molecule has 0 spiro atoms. The molecule has 0 fully saturated rings. The number of carbonyl (C=O) groups excluding carboxylic acids is 1. The fourth-order valence-corrected chi connectivity index (χ4v) is 5.50. The molecule has 2 aromatic carbocycles. The summed E-state index contributed by atoms with van der Waals surface area (Å²) in [5, 5.41) is 3.30. The number of carbonyl (C=O) groups is 1. The van der Waals surface area contributed by atoms with Gasteiger partial charge >= 0.3 is 0 Å². The van der Waals surface area contributed by atoms with Crippen molar-refractivity contribution in [2.45, 2.75) is 9.46 Å². The number of rotatable bonds is 7. The van der Waals surface area contributed by atoms with Crippen molar-refractivity contribution in [3.05, 3.63) is 95.1 Å². The lowest BCUT2D eigenvalue weighted by Crippen LogP contribution is -2.30. The topological polar surface area (TPSA) is 63.2 Å². The molecule has 3 rings (SSSR count). The number of benzene rings is 2. The highest BCUT2D eigenvalue weighted by atomic mass is 32.2. The maximum Gasteiger partial charge on any atom is 0.244 e. The van der Waals surface area contributed by atoms with E-state index in [1.165, 1.54) is 36.4 Å². The molecule has 0 aliphatic rings. The highest BCUT2D eigenvalue weighted by molar-refractivity contribution is 7.93. The average molecular weight is 416 g/mol. The normalized spacial score (nSPS) is 12.8. The van der Waals surface area contributed by atoms with Gasteiger partial charge in [0.25, 0.3) is 0 Å². The number of sulfone groups is 1. The van der Waals surface area contributed by atoms with Crippen molar-refractivity contribution in [3.8, 4) is 0 Å². The van der Waals surface area contributed by atoms with Gasteiger partial charge in [0.1, 0.15) is 15.3 Å². The second-order valence-electron chi connectivity index (χ2n) is 6.01. The molecule has 144 valence electrons. The number of amides is 1. The summed E-state index contributed by atoms with van der Waals surface area (Å²) in [6, 6.07) is 17.7. The summed E-state index contributed by atoms with van der Waals surface area (Å²) in [5.74, 6) is -0.858. The van der Waals surface area contributed by atoms with Crippen LogP contribution in [0.5, 0.6) is 0 Å². The van der Waals surface area contributed by atoms with Crippen LogP contribution in [0.25, 0.3) is 6.08 Å². The Morgan fingerprint density at radius 3 is 2.39 bits per heavy atom. The van der Waals surface area contributed by atoms with Crippen molar-refractivity contribution in [2.75, 3.05) is 6.54 Å². The van der Waals surface area contributed by atoms with Crippen LogP contribution in [0.15, 0.2) is 82.4 Å². The van der Waals surface area contributed by atoms with Crippen molar-refractivity contribution in [1.82, 2.24) is 5.32 Å². The number of hydrogen-bond acceptors (Lipinski definition) is 4. The Labute approximate surface area is 167 Å². The third-order valence-corrected chi connectivity index (χ3v) is 7.61. The van der Waals surface area contributed by atoms with Crippen molar-refractivity contribution < 1.29 is 17.6 Å². The molecule has 0 radical (unpaired) electrons. The Hall–Kier alpha value is -2.77. The van der Waals surface area contributed by atoms with Crippen LogP contribution >= 0.6 is 11.3 Å². The molecule has 4 nitrogen and oxygen atoms in total. The maximum absolute atomic E-state index is 13.3. The van der Waals surface area contributed by atoms with E-state index in [2.05, 4.69) is 5.32 Å². The fourth-order valence-electron chi connectivity index (χ4n) is 2.64. The predicted molar refractivity (Wildman–Crippen MR) is 109 cm³/mol. The average Bonchev–Trinajstić information content (AvgIpc) is 3.24. The standard InChI is InChI=1S/C21H18FNO3S2/c22-18-11-9-17(10-12-18)19(28(25,26)21-7-4-14-27-21)15-23-20(24)13-8-16-5-2-1-3-6-16/h1-14,19H,15H2,(H,23,24)/b13-8+/t19-/m0/s1. The smallest absolute Gasteiger partial charge is 0.244 e. The summed E-state index contributed by atoms with van der Waals surface area (Å²) in [7, 11) is -3.73. The molecule has 28 heavy (non-hydrogen) atoms. The highest BCUT2D eigenvalue weighted by Crippen LogP contribution is 2.31. The van der Waals surface area contributed by atoms with Gasteiger partial charge in [-0.15, -0.1) is 11.3 Å². The van der Waals surface area contributed by atoms with Gasteiger partial charge in [-0.1, -0.05) is 48.5 Å². The van der Waals surface area contributed by atoms with Gasteiger partial charge in [0.2, 0.25) is 5.91 Å². The molecule has 1 aromatic heterocycles. The maximum atomic E-state index is 13.3. The van der Waals surface area contributed by atoms with Gasteiger partial charge in [0, 0.05) is 12.6 Å². The zero-order valence-electron chi connectivity index (χ0n) is 14.8. The summed E-state index contributed by atoms with van der Waals surface area (Å²) < 4.78 is 39.5. The third kappa shape index (κ3) is 4.94. The first-order valence-corrected chi connectivity index (χ1v) is 10.9. The molecule has 0 saturated carbocycles. The number of hydrogen-bond donors (Lipinski definition) is 1. The molecular weight excluding hydrogens is 397 g/mol. The minimum Gasteiger partial charge on any atom is -0.351 e. The van der Waals surface area contributed by atoms with Crippen LogP contribution in [0, 0.1) is 5.82 Å². The summed E-state index contributed by atoms with van der Waals surface area (Å²) in [4.78, 5) is 12.2. The molecule has 1 atom stereocenters. The largest absolute Gasteiger partial charge is 0.351 e. The van der Waals surface area contributed by atoms with Gasteiger partial charge in [0.15, 0.2) is 9.84 Å².